The Morgan fingerprint density at radius 1 is 1.54 bits per heavy atom. The van der Waals surface area contributed by atoms with Gasteiger partial charge in [-0.25, -0.2) is 4.39 Å². The number of benzene rings is 1. The van der Waals surface area contributed by atoms with Crippen molar-refractivity contribution >= 4 is 27.7 Å². The summed E-state index contributed by atoms with van der Waals surface area (Å²) < 4.78 is 14.4. The summed E-state index contributed by atoms with van der Waals surface area (Å²) in [6.45, 7) is 2.10. The highest BCUT2D eigenvalue weighted by molar-refractivity contribution is 9.10. The minimum atomic E-state index is -0.0853. The Morgan fingerprint density at radius 3 is 2.77 bits per heavy atom. The van der Waals surface area contributed by atoms with E-state index in [4.69, 9.17) is 0 Å². The summed E-state index contributed by atoms with van der Waals surface area (Å²) in [4.78, 5) is 0. The smallest absolute Gasteiger partial charge is 0.127 e. The SMILES string of the molecule is CC1(c2cc(Br)ccc2F)CCS1. The molecule has 70 valence electrons. The molecule has 1 heterocycles. The third-order valence-corrected chi connectivity index (χ3v) is 4.46. The lowest BCUT2D eigenvalue weighted by atomic mass is 9.96. The maximum atomic E-state index is 13.5. The van der Waals surface area contributed by atoms with Crippen LogP contribution in [0.15, 0.2) is 22.7 Å². The summed E-state index contributed by atoms with van der Waals surface area (Å²) >= 11 is 5.19. The van der Waals surface area contributed by atoms with Crippen molar-refractivity contribution in [2.45, 2.75) is 18.1 Å². The van der Waals surface area contributed by atoms with E-state index in [-0.39, 0.29) is 10.6 Å². The molecular weight excluding hydrogens is 251 g/mol. The highest BCUT2D eigenvalue weighted by Crippen LogP contribution is 2.49. The van der Waals surface area contributed by atoms with Crippen molar-refractivity contribution in [2.24, 2.45) is 0 Å². The summed E-state index contributed by atoms with van der Waals surface area (Å²) in [5.74, 6) is 1.06. The molecule has 0 bridgehead atoms. The zero-order valence-corrected chi connectivity index (χ0v) is 9.71. The molecule has 0 N–H and O–H groups in total. The predicted molar refractivity (Wildman–Crippen MR) is 58.5 cm³/mol. The number of hydrogen-bond acceptors (Lipinski definition) is 1. The minimum absolute atomic E-state index is 0.00780. The standard InChI is InChI=1S/C10H10BrFS/c1-10(4-5-13-10)8-6-7(11)2-3-9(8)12/h2-3,6H,4-5H2,1H3. The molecule has 1 aromatic carbocycles. The van der Waals surface area contributed by atoms with Gasteiger partial charge in [0.05, 0.1) is 0 Å². The highest BCUT2D eigenvalue weighted by Gasteiger charge is 2.36. The van der Waals surface area contributed by atoms with Crippen LogP contribution in [0.2, 0.25) is 0 Å². The maximum Gasteiger partial charge on any atom is 0.127 e. The van der Waals surface area contributed by atoms with Crippen LogP contribution in [0.1, 0.15) is 18.9 Å². The molecule has 1 fully saturated rings. The lowest BCUT2D eigenvalue weighted by Gasteiger charge is -2.38. The van der Waals surface area contributed by atoms with Crippen LogP contribution in [-0.4, -0.2) is 5.75 Å². The van der Waals surface area contributed by atoms with E-state index < -0.39 is 0 Å². The fourth-order valence-corrected chi connectivity index (χ4v) is 3.01. The van der Waals surface area contributed by atoms with E-state index in [1.807, 2.05) is 17.8 Å². The number of rotatable bonds is 1. The molecule has 0 radical (unpaired) electrons. The van der Waals surface area contributed by atoms with Gasteiger partial charge in [-0.3, -0.25) is 0 Å². The molecule has 1 aromatic rings. The Hall–Kier alpha value is -0.0200. The van der Waals surface area contributed by atoms with Crippen molar-refractivity contribution in [3.05, 3.63) is 34.1 Å². The van der Waals surface area contributed by atoms with Crippen LogP contribution >= 0.6 is 27.7 Å². The van der Waals surface area contributed by atoms with Gasteiger partial charge in [0, 0.05) is 14.8 Å². The van der Waals surface area contributed by atoms with Gasteiger partial charge in [0.25, 0.3) is 0 Å². The maximum absolute atomic E-state index is 13.5. The number of thioether (sulfide) groups is 1. The van der Waals surface area contributed by atoms with E-state index in [0.29, 0.717) is 0 Å². The van der Waals surface area contributed by atoms with Crippen LogP contribution in [0, 0.1) is 5.82 Å². The van der Waals surface area contributed by atoms with E-state index in [0.717, 1.165) is 22.2 Å². The van der Waals surface area contributed by atoms with Crippen molar-refractivity contribution in [3.63, 3.8) is 0 Å². The Labute approximate surface area is 90.0 Å². The first-order valence-corrected chi connectivity index (χ1v) is 5.99. The second-order valence-electron chi connectivity index (χ2n) is 3.45. The molecule has 0 aromatic heterocycles. The molecule has 1 aliphatic heterocycles. The van der Waals surface area contributed by atoms with E-state index >= 15 is 0 Å². The molecule has 13 heavy (non-hydrogen) atoms. The predicted octanol–water partition coefficient (Wildman–Crippen LogP) is 3.94. The average Bonchev–Trinajstić information content (AvgIpc) is 2.05. The Balaban J connectivity index is 2.43. The number of hydrogen-bond donors (Lipinski definition) is 0. The van der Waals surface area contributed by atoms with Crippen LogP contribution in [0.5, 0.6) is 0 Å². The van der Waals surface area contributed by atoms with Gasteiger partial charge in [0.2, 0.25) is 0 Å². The molecule has 0 aliphatic carbocycles. The van der Waals surface area contributed by atoms with Crippen LogP contribution in [0.25, 0.3) is 0 Å². The van der Waals surface area contributed by atoms with Crippen molar-refractivity contribution < 1.29 is 4.39 Å². The lowest BCUT2D eigenvalue weighted by molar-refractivity contribution is 0.546. The first kappa shape index (κ1) is 9.53. The van der Waals surface area contributed by atoms with Crippen LogP contribution in [0.4, 0.5) is 4.39 Å². The molecule has 1 atom stereocenters. The monoisotopic (exact) mass is 260 g/mol. The molecule has 0 spiro atoms. The highest BCUT2D eigenvalue weighted by atomic mass is 79.9. The zero-order valence-electron chi connectivity index (χ0n) is 7.31. The fraction of sp³-hybridized carbons (Fsp3) is 0.400. The van der Waals surface area contributed by atoms with Gasteiger partial charge in [0.15, 0.2) is 0 Å². The summed E-state index contributed by atoms with van der Waals surface area (Å²) in [5.41, 5.74) is 0.832. The molecule has 0 nitrogen and oxygen atoms in total. The largest absolute Gasteiger partial charge is 0.207 e. The Kier molecular flexibility index (Phi) is 2.41. The van der Waals surface area contributed by atoms with Crippen LogP contribution in [-0.2, 0) is 4.75 Å². The molecule has 1 unspecified atom stereocenters. The third-order valence-electron chi connectivity index (χ3n) is 2.50. The number of halogens is 2. The van der Waals surface area contributed by atoms with Gasteiger partial charge in [-0.15, -0.1) is 0 Å². The molecule has 1 saturated heterocycles. The molecule has 3 heteroatoms. The van der Waals surface area contributed by atoms with E-state index in [1.165, 1.54) is 6.07 Å². The normalized spacial score (nSPS) is 27.0. The quantitative estimate of drug-likeness (QED) is 0.737. The van der Waals surface area contributed by atoms with Crippen LogP contribution < -0.4 is 0 Å². The third kappa shape index (κ3) is 1.64. The molecule has 0 saturated carbocycles. The fourth-order valence-electron chi connectivity index (χ4n) is 1.52. The average molecular weight is 261 g/mol. The van der Waals surface area contributed by atoms with Gasteiger partial charge in [-0.1, -0.05) is 15.9 Å². The van der Waals surface area contributed by atoms with E-state index in [1.54, 1.807) is 6.07 Å². The minimum Gasteiger partial charge on any atom is -0.207 e. The van der Waals surface area contributed by atoms with Crippen molar-refractivity contribution in [2.75, 3.05) is 5.75 Å². The lowest BCUT2D eigenvalue weighted by Crippen LogP contribution is -2.28. The molecular formula is C10H10BrFS. The summed E-state index contributed by atoms with van der Waals surface area (Å²) in [7, 11) is 0. The first-order chi connectivity index (χ1) is 6.12. The Bertz CT molecular complexity index is 334. The topological polar surface area (TPSA) is 0 Å². The molecule has 0 amide bonds. The van der Waals surface area contributed by atoms with Gasteiger partial charge in [-0.2, -0.15) is 11.8 Å². The van der Waals surface area contributed by atoms with E-state index in [2.05, 4.69) is 22.9 Å². The zero-order chi connectivity index (χ0) is 9.47. The van der Waals surface area contributed by atoms with Gasteiger partial charge < -0.3 is 0 Å². The summed E-state index contributed by atoms with van der Waals surface area (Å²) in [5, 5.41) is 0. The Morgan fingerprint density at radius 2 is 2.23 bits per heavy atom. The first-order valence-electron chi connectivity index (χ1n) is 4.21. The van der Waals surface area contributed by atoms with Crippen molar-refractivity contribution in [3.8, 4) is 0 Å². The van der Waals surface area contributed by atoms with Gasteiger partial charge in [-0.05, 0) is 37.3 Å². The molecule has 1 aliphatic rings. The second-order valence-corrected chi connectivity index (χ2v) is 5.97. The van der Waals surface area contributed by atoms with Crippen LogP contribution in [0.3, 0.4) is 0 Å². The van der Waals surface area contributed by atoms with Crippen molar-refractivity contribution in [1.82, 2.24) is 0 Å². The molecule has 2 rings (SSSR count). The summed E-state index contributed by atoms with van der Waals surface area (Å²) in [6.07, 6.45) is 1.07. The van der Waals surface area contributed by atoms with Crippen molar-refractivity contribution in [1.29, 1.82) is 0 Å². The summed E-state index contributed by atoms with van der Waals surface area (Å²) in [6, 6.07) is 5.16. The van der Waals surface area contributed by atoms with Gasteiger partial charge in [0.1, 0.15) is 5.82 Å². The second kappa shape index (κ2) is 3.28. The van der Waals surface area contributed by atoms with Gasteiger partial charge >= 0.3 is 0 Å². The van der Waals surface area contributed by atoms with E-state index in [9.17, 15) is 4.39 Å².